The van der Waals surface area contributed by atoms with Crippen molar-refractivity contribution in [2.75, 3.05) is 6.61 Å². The molecule has 0 fully saturated rings. The highest BCUT2D eigenvalue weighted by Crippen LogP contribution is 2.35. The van der Waals surface area contributed by atoms with Crippen LogP contribution in [0.25, 0.3) is 0 Å². The van der Waals surface area contributed by atoms with Crippen molar-refractivity contribution in [1.29, 1.82) is 0 Å². The van der Waals surface area contributed by atoms with Crippen LogP contribution in [0.4, 0.5) is 22.0 Å². The molecular weight excluding hydrogens is 325 g/mol. The Hall–Kier alpha value is -1.64. The number of carbonyl (C=O) groups excluding carboxylic acids is 1. The number of halogens is 6. The van der Waals surface area contributed by atoms with Gasteiger partial charge in [-0.1, -0.05) is 0 Å². The topological polar surface area (TPSA) is 48.4 Å². The molecule has 0 radical (unpaired) electrons. The van der Waals surface area contributed by atoms with E-state index in [1.807, 2.05) is 0 Å². The van der Waals surface area contributed by atoms with Gasteiger partial charge in [0.05, 0.1) is 18.2 Å². The van der Waals surface area contributed by atoms with Crippen LogP contribution in [-0.2, 0) is 10.6 Å². The number of aromatic nitrogens is 1. The molecule has 0 bridgehead atoms. The fraction of sp³-hybridized carbons (Fsp3) is 0.455. The number of alkyl halides is 6. The molecule has 10 heteroatoms. The Kier molecular flexibility index (Phi) is 5.70. The number of hydrogen-bond acceptors (Lipinski definition) is 4. The highest BCUT2D eigenvalue weighted by molar-refractivity contribution is 6.17. The normalized spacial score (nSPS) is 11.6. The van der Waals surface area contributed by atoms with E-state index in [9.17, 15) is 26.7 Å². The summed E-state index contributed by atoms with van der Waals surface area (Å²) in [6.45, 7) is 1.24. The van der Waals surface area contributed by atoms with Crippen LogP contribution in [0, 0.1) is 0 Å². The SMILES string of the molecule is CCOC(=O)c1cc(CCl)nc(C(F)F)c1OC(F)(F)F. The van der Waals surface area contributed by atoms with E-state index in [-0.39, 0.29) is 18.2 Å². The van der Waals surface area contributed by atoms with E-state index in [1.54, 1.807) is 0 Å². The third-order valence-electron chi connectivity index (χ3n) is 2.11. The number of hydrogen-bond donors (Lipinski definition) is 0. The number of carbonyl (C=O) groups is 1. The van der Waals surface area contributed by atoms with Gasteiger partial charge in [-0.15, -0.1) is 24.8 Å². The van der Waals surface area contributed by atoms with Crippen molar-refractivity contribution in [2.24, 2.45) is 0 Å². The maximum atomic E-state index is 12.8. The maximum Gasteiger partial charge on any atom is 0.573 e. The van der Waals surface area contributed by atoms with Crippen molar-refractivity contribution < 1.29 is 36.2 Å². The van der Waals surface area contributed by atoms with E-state index < -0.39 is 35.8 Å². The van der Waals surface area contributed by atoms with Gasteiger partial charge in [-0.3, -0.25) is 0 Å². The largest absolute Gasteiger partial charge is 0.573 e. The van der Waals surface area contributed by atoms with E-state index in [2.05, 4.69) is 14.5 Å². The summed E-state index contributed by atoms with van der Waals surface area (Å²) in [5.41, 5.74) is -2.34. The van der Waals surface area contributed by atoms with Gasteiger partial charge >= 0.3 is 12.3 Å². The lowest BCUT2D eigenvalue weighted by Crippen LogP contribution is -2.22. The highest BCUT2D eigenvalue weighted by Gasteiger charge is 2.37. The predicted octanol–water partition coefficient (Wildman–Crippen LogP) is 3.83. The minimum atomic E-state index is -5.27. The van der Waals surface area contributed by atoms with Crippen molar-refractivity contribution in [1.82, 2.24) is 4.98 Å². The van der Waals surface area contributed by atoms with Gasteiger partial charge in [-0.05, 0) is 13.0 Å². The predicted molar refractivity (Wildman–Crippen MR) is 61.4 cm³/mol. The molecule has 0 aromatic carbocycles. The summed E-state index contributed by atoms with van der Waals surface area (Å²) in [4.78, 5) is 14.9. The fourth-order valence-electron chi connectivity index (χ4n) is 1.41. The molecule has 0 spiro atoms. The number of esters is 1. The summed E-state index contributed by atoms with van der Waals surface area (Å²) in [6.07, 6.45) is -8.66. The maximum absolute atomic E-state index is 12.8. The molecule has 1 aromatic heterocycles. The van der Waals surface area contributed by atoms with E-state index in [1.165, 1.54) is 6.92 Å². The van der Waals surface area contributed by atoms with E-state index >= 15 is 0 Å². The number of pyridine rings is 1. The second kappa shape index (κ2) is 6.88. The first kappa shape index (κ1) is 17.4. The lowest BCUT2D eigenvalue weighted by Gasteiger charge is -2.16. The van der Waals surface area contributed by atoms with Gasteiger partial charge in [0.15, 0.2) is 5.75 Å². The third-order valence-corrected chi connectivity index (χ3v) is 2.38. The van der Waals surface area contributed by atoms with Gasteiger partial charge in [0, 0.05) is 0 Å². The van der Waals surface area contributed by atoms with E-state index in [0.717, 1.165) is 6.07 Å². The second-order valence-electron chi connectivity index (χ2n) is 3.58. The van der Waals surface area contributed by atoms with Gasteiger partial charge in [0.1, 0.15) is 11.3 Å². The molecule has 118 valence electrons. The second-order valence-corrected chi connectivity index (χ2v) is 3.85. The molecule has 0 unspecified atom stereocenters. The number of ether oxygens (including phenoxy) is 2. The van der Waals surface area contributed by atoms with Crippen LogP contribution in [0.1, 0.15) is 35.1 Å². The Balaban J connectivity index is 3.48. The molecule has 4 nitrogen and oxygen atoms in total. The Morgan fingerprint density at radius 3 is 2.48 bits per heavy atom. The monoisotopic (exact) mass is 333 g/mol. The first-order chi connectivity index (χ1) is 9.69. The summed E-state index contributed by atoms with van der Waals surface area (Å²) in [7, 11) is 0. The number of rotatable bonds is 5. The molecule has 0 atom stereocenters. The first-order valence-corrected chi connectivity index (χ1v) is 6.03. The van der Waals surface area contributed by atoms with Gasteiger partial charge < -0.3 is 9.47 Å². The van der Waals surface area contributed by atoms with Crippen LogP contribution >= 0.6 is 11.6 Å². The summed E-state index contributed by atoms with van der Waals surface area (Å²) in [5, 5.41) is 0. The van der Waals surface area contributed by atoms with Crippen LogP contribution in [0.3, 0.4) is 0 Å². The zero-order chi connectivity index (χ0) is 16.2. The standard InChI is InChI=1S/C11H9ClF5NO3/c1-2-20-10(19)6-3-5(4-12)18-7(9(13)14)8(6)21-11(15,16)17/h3,9H,2,4H2,1H3. The highest BCUT2D eigenvalue weighted by atomic mass is 35.5. The quantitative estimate of drug-likeness (QED) is 0.467. The van der Waals surface area contributed by atoms with Crippen molar-refractivity contribution in [2.45, 2.75) is 25.6 Å². The minimum Gasteiger partial charge on any atom is -0.462 e. The van der Waals surface area contributed by atoms with Crippen LogP contribution in [0.15, 0.2) is 6.07 Å². The number of nitrogens with zero attached hydrogens (tertiary/aromatic N) is 1. The smallest absolute Gasteiger partial charge is 0.462 e. The summed E-state index contributed by atoms with van der Waals surface area (Å²) < 4.78 is 70.7. The van der Waals surface area contributed by atoms with Crippen molar-refractivity contribution in [3.8, 4) is 5.75 Å². The lowest BCUT2D eigenvalue weighted by molar-refractivity contribution is -0.275. The van der Waals surface area contributed by atoms with Crippen molar-refractivity contribution in [3.05, 3.63) is 23.0 Å². The van der Waals surface area contributed by atoms with Crippen LogP contribution < -0.4 is 4.74 Å². The molecule has 0 aliphatic carbocycles. The van der Waals surface area contributed by atoms with Crippen molar-refractivity contribution in [3.63, 3.8) is 0 Å². The average Bonchev–Trinajstić information content (AvgIpc) is 2.36. The molecule has 21 heavy (non-hydrogen) atoms. The molecule has 1 aromatic rings. The molecule has 0 saturated heterocycles. The molecule has 1 rings (SSSR count). The Morgan fingerprint density at radius 2 is 2.05 bits per heavy atom. The molecule has 1 heterocycles. The zero-order valence-electron chi connectivity index (χ0n) is 10.5. The minimum absolute atomic E-state index is 0.160. The molecule has 0 aliphatic heterocycles. The van der Waals surface area contributed by atoms with E-state index in [4.69, 9.17) is 11.6 Å². The summed E-state index contributed by atoms with van der Waals surface area (Å²) >= 11 is 5.42. The fourth-order valence-corrected chi connectivity index (χ4v) is 1.54. The Labute approximate surface area is 120 Å². The van der Waals surface area contributed by atoms with Gasteiger partial charge in [-0.25, -0.2) is 18.6 Å². The third kappa shape index (κ3) is 4.69. The van der Waals surface area contributed by atoms with Gasteiger partial charge in [0.25, 0.3) is 6.43 Å². The zero-order valence-corrected chi connectivity index (χ0v) is 11.3. The first-order valence-electron chi connectivity index (χ1n) is 5.50. The van der Waals surface area contributed by atoms with E-state index in [0.29, 0.717) is 0 Å². The van der Waals surface area contributed by atoms with Crippen LogP contribution in [0.5, 0.6) is 5.75 Å². The van der Waals surface area contributed by atoms with Crippen LogP contribution in [0.2, 0.25) is 0 Å². The van der Waals surface area contributed by atoms with Crippen LogP contribution in [-0.4, -0.2) is 23.9 Å². The molecular formula is C11H9ClF5NO3. The van der Waals surface area contributed by atoms with Crippen molar-refractivity contribution >= 4 is 17.6 Å². The summed E-state index contributed by atoms with van der Waals surface area (Å²) in [6, 6.07) is 0.817. The molecule has 0 N–H and O–H groups in total. The Bertz CT molecular complexity index is 521. The summed E-state index contributed by atoms with van der Waals surface area (Å²) in [5.74, 6) is -3.00. The molecule has 0 saturated carbocycles. The molecule has 0 aliphatic rings. The Morgan fingerprint density at radius 1 is 1.43 bits per heavy atom. The molecule has 0 amide bonds. The average molecular weight is 334 g/mol. The van der Waals surface area contributed by atoms with Gasteiger partial charge in [0.2, 0.25) is 0 Å². The lowest BCUT2D eigenvalue weighted by atomic mass is 10.1. The van der Waals surface area contributed by atoms with Gasteiger partial charge in [-0.2, -0.15) is 0 Å².